The number of fused-ring (bicyclic) bond motifs is 3. The Labute approximate surface area is 145 Å². The number of carboxylic acids is 1. The van der Waals surface area contributed by atoms with Crippen molar-refractivity contribution < 1.29 is 19.4 Å². The van der Waals surface area contributed by atoms with E-state index in [0.29, 0.717) is 12.3 Å². The van der Waals surface area contributed by atoms with Gasteiger partial charge in [-0.05, 0) is 17.7 Å². The number of ether oxygens (including phenoxy) is 1. The Morgan fingerprint density at radius 2 is 2.12 bits per heavy atom. The first-order chi connectivity index (χ1) is 12.1. The summed E-state index contributed by atoms with van der Waals surface area (Å²) in [6, 6.07) is 11.1. The van der Waals surface area contributed by atoms with E-state index in [2.05, 4.69) is 4.98 Å². The van der Waals surface area contributed by atoms with Crippen LogP contribution in [0.1, 0.15) is 17.0 Å². The number of benzene rings is 1. The van der Waals surface area contributed by atoms with E-state index in [1.807, 2.05) is 30.3 Å². The molecule has 1 fully saturated rings. The lowest BCUT2D eigenvalue weighted by Gasteiger charge is -2.35. The fraction of sp³-hybridized carbons (Fsp3) is 0.316. The molecule has 0 spiro atoms. The van der Waals surface area contributed by atoms with Gasteiger partial charge in [0.1, 0.15) is 17.8 Å². The summed E-state index contributed by atoms with van der Waals surface area (Å²) < 4.78 is 5.72. The maximum absolute atomic E-state index is 12.7. The van der Waals surface area contributed by atoms with Crippen molar-refractivity contribution in [1.29, 1.82) is 0 Å². The van der Waals surface area contributed by atoms with Crippen LogP contribution in [0, 0.1) is 5.41 Å². The number of likely N-dealkylation sites (tertiary alicyclic amines) is 1. The van der Waals surface area contributed by atoms with Crippen molar-refractivity contribution in [3.8, 4) is 5.75 Å². The SMILES string of the molecule is O=C(Cc1cccnc1)N1C[C@@H]2c3ccccc3OC[C@]2(C(=O)O)C1. The lowest BCUT2D eigenvalue weighted by atomic mass is 9.73. The molecule has 1 saturated heterocycles. The molecule has 1 aromatic carbocycles. The highest BCUT2D eigenvalue weighted by molar-refractivity contribution is 5.84. The van der Waals surface area contributed by atoms with Gasteiger partial charge in [0.15, 0.2) is 0 Å². The van der Waals surface area contributed by atoms with Crippen molar-refractivity contribution in [3.05, 3.63) is 59.9 Å². The molecule has 0 saturated carbocycles. The lowest BCUT2D eigenvalue weighted by molar-refractivity contribution is -0.152. The summed E-state index contributed by atoms with van der Waals surface area (Å²) in [7, 11) is 0. The average molecular weight is 338 g/mol. The van der Waals surface area contributed by atoms with Crippen molar-refractivity contribution in [1.82, 2.24) is 9.88 Å². The van der Waals surface area contributed by atoms with Crippen LogP contribution in [0.15, 0.2) is 48.8 Å². The van der Waals surface area contributed by atoms with Crippen molar-refractivity contribution in [2.45, 2.75) is 12.3 Å². The van der Waals surface area contributed by atoms with Gasteiger partial charge in [0.05, 0.1) is 6.42 Å². The van der Waals surface area contributed by atoms with E-state index in [0.717, 1.165) is 11.1 Å². The predicted molar refractivity (Wildman–Crippen MR) is 89.3 cm³/mol. The van der Waals surface area contributed by atoms with E-state index in [-0.39, 0.29) is 31.4 Å². The molecule has 2 atom stereocenters. The number of nitrogens with zero attached hydrogens (tertiary/aromatic N) is 2. The molecule has 0 bridgehead atoms. The van der Waals surface area contributed by atoms with Gasteiger partial charge >= 0.3 is 5.97 Å². The minimum atomic E-state index is -1.08. The third kappa shape index (κ3) is 2.54. The van der Waals surface area contributed by atoms with Crippen LogP contribution in [-0.2, 0) is 16.0 Å². The minimum Gasteiger partial charge on any atom is -0.492 e. The molecule has 1 aromatic heterocycles. The molecule has 2 aliphatic heterocycles. The normalized spacial score (nSPS) is 24.2. The van der Waals surface area contributed by atoms with Gasteiger partial charge in [-0.2, -0.15) is 0 Å². The number of hydrogen-bond acceptors (Lipinski definition) is 4. The third-order valence-electron chi connectivity index (χ3n) is 5.18. The number of carbonyl (C=O) groups excluding carboxylic acids is 1. The third-order valence-corrected chi connectivity index (χ3v) is 5.18. The van der Waals surface area contributed by atoms with Crippen LogP contribution in [-0.4, -0.2) is 46.6 Å². The topological polar surface area (TPSA) is 79.7 Å². The van der Waals surface area contributed by atoms with Crippen molar-refractivity contribution >= 4 is 11.9 Å². The Balaban J connectivity index is 1.62. The number of carboxylic acid groups (broad SMARTS) is 1. The summed E-state index contributed by atoms with van der Waals surface area (Å²) in [6.07, 6.45) is 3.54. The predicted octanol–water partition coefficient (Wildman–Crippen LogP) is 1.71. The lowest BCUT2D eigenvalue weighted by Crippen LogP contribution is -2.46. The van der Waals surface area contributed by atoms with Crippen molar-refractivity contribution in [2.24, 2.45) is 5.41 Å². The summed E-state index contributed by atoms with van der Waals surface area (Å²) in [4.78, 5) is 30.4. The first-order valence-corrected chi connectivity index (χ1v) is 8.22. The maximum atomic E-state index is 12.7. The minimum absolute atomic E-state index is 0.0829. The number of para-hydroxylation sites is 1. The Morgan fingerprint density at radius 3 is 2.88 bits per heavy atom. The van der Waals surface area contributed by atoms with Gasteiger partial charge < -0.3 is 14.7 Å². The second-order valence-corrected chi connectivity index (χ2v) is 6.65. The molecular formula is C19H18N2O4. The highest BCUT2D eigenvalue weighted by Crippen LogP contribution is 2.49. The van der Waals surface area contributed by atoms with Crippen LogP contribution in [0.25, 0.3) is 0 Å². The molecule has 1 N–H and O–H groups in total. The number of rotatable bonds is 3. The quantitative estimate of drug-likeness (QED) is 0.922. The van der Waals surface area contributed by atoms with E-state index < -0.39 is 11.4 Å². The molecule has 0 unspecified atom stereocenters. The largest absolute Gasteiger partial charge is 0.492 e. The van der Waals surface area contributed by atoms with Crippen molar-refractivity contribution in [3.63, 3.8) is 0 Å². The van der Waals surface area contributed by atoms with Gasteiger partial charge in [-0.3, -0.25) is 14.6 Å². The number of aromatic nitrogens is 1. The number of hydrogen-bond donors (Lipinski definition) is 1. The van der Waals surface area contributed by atoms with Gasteiger partial charge in [-0.1, -0.05) is 24.3 Å². The van der Waals surface area contributed by atoms with E-state index in [4.69, 9.17) is 4.74 Å². The van der Waals surface area contributed by atoms with Crippen LogP contribution in [0.3, 0.4) is 0 Å². The zero-order chi connectivity index (χ0) is 17.4. The number of pyridine rings is 1. The summed E-state index contributed by atoms with van der Waals surface area (Å²) >= 11 is 0. The Kier molecular flexibility index (Phi) is 3.67. The zero-order valence-corrected chi connectivity index (χ0v) is 13.6. The number of amides is 1. The second kappa shape index (κ2) is 5.88. The first-order valence-electron chi connectivity index (χ1n) is 8.22. The molecule has 3 heterocycles. The Bertz CT molecular complexity index is 823. The molecule has 2 aliphatic rings. The second-order valence-electron chi connectivity index (χ2n) is 6.65. The summed E-state index contributed by atoms with van der Waals surface area (Å²) in [5, 5.41) is 9.89. The van der Waals surface area contributed by atoms with Gasteiger partial charge in [0.2, 0.25) is 5.91 Å². The molecule has 128 valence electrons. The Morgan fingerprint density at radius 1 is 1.28 bits per heavy atom. The molecule has 6 nitrogen and oxygen atoms in total. The summed E-state index contributed by atoms with van der Waals surface area (Å²) in [5.74, 6) is -0.539. The van der Waals surface area contributed by atoms with Gasteiger partial charge in [0.25, 0.3) is 0 Å². The smallest absolute Gasteiger partial charge is 0.315 e. The van der Waals surface area contributed by atoms with Gasteiger partial charge in [0, 0.05) is 37.0 Å². The number of aliphatic carboxylic acids is 1. The molecule has 25 heavy (non-hydrogen) atoms. The first kappa shape index (κ1) is 15.6. The Hall–Kier alpha value is -2.89. The molecule has 0 aliphatic carbocycles. The van der Waals surface area contributed by atoms with Crippen LogP contribution in [0.2, 0.25) is 0 Å². The molecule has 1 amide bonds. The van der Waals surface area contributed by atoms with E-state index in [1.54, 1.807) is 23.4 Å². The molecular weight excluding hydrogens is 320 g/mol. The summed E-state index contributed by atoms with van der Waals surface area (Å²) in [5.41, 5.74) is 0.607. The molecule has 6 heteroatoms. The average Bonchev–Trinajstić information content (AvgIpc) is 3.04. The number of carbonyl (C=O) groups is 2. The maximum Gasteiger partial charge on any atom is 0.315 e. The molecule has 4 rings (SSSR count). The van der Waals surface area contributed by atoms with E-state index in [9.17, 15) is 14.7 Å². The van der Waals surface area contributed by atoms with E-state index in [1.165, 1.54) is 0 Å². The molecule has 2 aromatic rings. The fourth-order valence-electron chi connectivity index (χ4n) is 3.82. The highest BCUT2D eigenvalue weighted by atomic mass is 16.5. The van der Waals surface area contributed by atoms with Crippen LogP contribution in [0.4, 0.5) is 0 Å². The monoisotopic (exact) mass is 338 g/mol. The van der Waals surface area contributed by atoms with Crippen LogP contribution < -0.4 is 4.74 Å². The van der Waals surface area contributed by atoms with E-state index >= 15 is 0 Å². The fourth-order valence-corrected chi connectivity index (χ4v) is 3.82. The van der Waals surface area contributed by atoms with Crippen LogP contribution in [0.5, 0.6) is 5.75 Å². The molecule has 0 radical (unpaired) electrons. The summed E-state index contributed by atoms with van der Waals surface area (Å²) in [6.45, 7) is 0.646. The van der Waals surface area contributed by atoms with Gasteiger partial charge in [-0.15, -0.1) is 0 Å². The van der Waals surface area contributed by atoms with Crippen molar-refractivity contribution in [2.75, 3.05) is 19.7 Å². The van der Waals surface area contributed by atoms with Gasteiger partial charge in [-0.25, -0.2) is 0 Å². The highest BCUT2D eigenvalue weighted by Gasteiger charge is 2.57. The van der Waals surface area contributed by atoms with Crippen LogP contribution >= 0.6 is 0 Å². The standard InChI is InChI=1S/C19H18N2O4/c22-17(8-13-4-3-7-20-9-13)21-10-15-14-5-1-2-6-16(14)25-12-19(15,11-21)18(23)24/h1-7,9,15H,8,10-12H2,(H,23,24)/t15-,19-/m1/s1. The zero-order valence-electron chi connectivity index (χ0n) is 13.6.